The van der Waals surface area contributed by atoms with Crippen molar-refractivity contribution in [3.8, 4) is 0 Å². The predicted octanol–water partition coefficient (Wildman–Crippen LogP) is 2.70. The van der Waals surface area contributed by atoms with Gasteiger partial charge in [-0.3, -0.25) is 0 Å². The summed E-state index contributed by atoms with van der Waals surface area (Å²) in [4.78, 5) is 0. The van der Waals surface area contributed by atoms with Gasteiger partial charge in [-0.2, -0.15) is 0 Å². The second-order valence-corrected chi connectivity index (χ2v) is 2.88. The van der Waals surface area contributed by atoms with Gasteiger partial charge in [0, 0.05) is 0 Å². The number of hydrogen-bond donors (Lipinski definition) is 0. The van der Waals surface area contributed by atoms with E-state index in [0.717, 1.165) is 0 Å². The molecule has 0 N–H and O–H groups in total. The summed E-state index contributed by atoms with van der Waals surface area (Å²) in [5.41, 5.74) is 1.37. The lowest BCUT2D eigenvalue weighted by Gasteiger charge is -1.91. The van der Waals surface area contributed by atoms with E-state index in [2.05, 4.69) is 51.1 Å². The van der Waals surface area contributed by atoms with Crippen LogP contribution in [-0.2, 0) is 0 Å². The maximum Gasteiger partial charge on any atom is -0.0201 e. The van der Waals surface area contributed by atoms with Crippen LogP contribution in [0.25, 0.3) is 11.6 Å². The van der Waals surface area contributed by atoms with Crippen LogP contribution in [0.1, 0.15) is 34.6 Å². The van der Waals surface area contributed by atoms with Crippen molar-refractivity contribution >= 4 is 11.6 Å². The van der Waals surface area contributed by atoms with E-state index >= 15 is 0 Å². The summed E-state index contributed by atoms with van der Waals surface area (Å²) in [6.07, 6.45) is 2.14. The Kier molecular flexibility index (Phi) is 5.96. The fourth-order valence-electron chi connectivity index (χ4n) is 1.20. The molecule has 0 saturated carbocycles. The van der Waals surface area contributed by atoms with Gasteiger partial charge in [0.15, 0.2) is 0 Å². The summed E-state index contributed by atoms with van der Waals surface area (Å²) < 4.78 is 0. The third-order valence-corrected chi connectivity index (χ3v) is 1.81. The van der Waals surface area contributed by atoms with Crippen molar-refractivity contribution in [3.63, 3.8) is 0 Å². The summed E-state index contributed by atoms with van der Waals surface area (Å²) in [7, 11) is 0. The standard InChI is InChI=1S/C11H14.C2H6/c1-4-10-7-5-6-8-11(10)9(2)3;1-2/h4-8H,1-3H3;1-2H3/b10-4-;. The van der Waals surface area contributed by atoms with Gasteiger partial charge in [0.1, 0.15) is 0 Å². The van der Waals surface area contributed by atoms with E-state index in [1.54, 1.807) is 0 Å². The van der Waals surface area contributed by atoms with Crippen LogP contribution in [0.4, 0.5) is 0 Å². The van der Waals surface area contributed by atoms with Crippen LogP contribution < -0.4 is 10.4 Å². The van der Waals surface area contributed by atoms with Crippen molar-refractivity contribution in [1.29, 1.82) is 0 Å². The van der Waals surface area contributed by atoms with Gasteiger partial charge in [0.2, 0.25) is 0 Å². The van der Waals surface area contributed by atoms with Crippen molar-refractivity contribution < 1.29 is 0 Å². The van der Waals surface area contributed by atoms with Crippen LogP contribution in [0.5, 0.6) is 0 Å². The molecule has 0 fully saturated rings. The van der Waals surface area contributed by atoms with Crippen LogP contribution in [0.2, 0.25) is 0 Å². The average Bonchev–Trinajstić information content (AvgIpc) is 2.20. The Hall–Kier alpha value is -1.04. The highest BCUT2D eigenvalue weighted by Gasteiger charge is 1.83. The molecule has 1 rings (SSSR count). The molecule has 1 aromatic rings. The van der Waals surface area contributed by atoms with E-state index in [1.807, 2.05) is 13.8 Å². The van der Waals surface area contributed by atoms with E-state index in [9.17, 15) is 0 Å². The lowest BCUT2D eigenvalue weighted by atomic mass is 10.1. The average molecular weight is 176 g/mol. The monoisotopic (exact) mass is 176 g/mol. The first-order valence-electron chi connectivity index (χ1n) is 4.94. The molecule has 0 aliphatic rings. The minimum Gasteiger partial charge on any atom is -0.0798 e. The molecular formula is C13H20. The first-order chi connectivity index (χ1) is 6.25. The highest BCUT2D eigenvalue weighted by molar-refractivity contribution is 5.40. The second-order valence-electron chi connectivity index (χ2n) is 2.88. The van der Waals surface area contributed by atoms with Gasteiger partial charge in [0.25, 0.3) is 0 Å². The zero-order valence-corrected chi connectivity index (χ0v) is 9.39. The molecule has 13 heavy (non-hydrogen) atoms. The fourth-order valence-corrected chi connectivity index (χ4v) is 1.20. The van der Waals surface area contributed by atoms with Crippen molar-refractivity contribution in [2.45, 2.75) is 34.6 Å². The molecule has 0 saturated heterocycles. The summed E-state index contributed by atoms with van der Waals surface area (Å²) in [6, 6.07) is 8.45. The van der Waals surface area contributed by atoms with Gasteiger partial charge in [-0.25, -0.2) is 0 Å². The molecule has 0 radical (unpaired) electrons. The maximum absolute atomic E-state index is 2.16. The second kappa shape index (κ2) is 6.47. The van der Waals surface area contributed by atoms with E-state index in [1.165, 1.54) is 16.0 Å². The largest absolute Gasteiger partial charge is 0.0798 e. The zero-order valence-electron chi connectivity index (χ0n) is 9.39. The van der Waals surface area contributed by atoms with Gasteiger partial charge in [-0.1, -0.05) is 49.8 Å². The highest BCUT2D eigenvalue weighted by Crippen LogP contribution is 1.82. The molecule has 0 heteroatoms. The minimum absolute atomic E-state index is 1.33. The number of rotatable bonds is 0. The van der Waals surface area contributed by atoms with Crippen molar-refractivity contribution in [3.05, 3.63) is 34.7 Å². The molecular weight excluding hydrogens is 156 g/mol. The number of hydrogen-bond acceptors (Lipinski definition) is 0. The van der Waals surface area contributed by atoms with Crippen molar-refractivity contribution in [2.24, 2.45) is 0 Å². The molecule has 0 atom stereocenters. The van der Waals surface area contributed by atoms with Gasteiger partial charge < -0.3 is 0 Å². The molecule has 0 aromatic heterocycles. The molecule has 0 aliphatic heterocycles. The fraction of sp³-hybridized carbons (Fsp3) is 0.385. The quantitative estimate of drug-likeness (QED) is 0.570. The summed E-state index contributed by atoms with van der Waals surface area (Å²) in [6.45, 7) is 10.4. The Morgan fingerprint density at radius 2 is 1.62 bits per heavy atom. The van der Waals surface area contributed by atoms with Crippen LogP contribution >= 0.6 is 0 Å². The van der Waals surface area contributed by atoms with Crippen LogP contribution in [-0.4, -0.2) is 0 Å². The first-order valence-corrected chi connectivity index (χ1v) is 4.94. The molecule has 0 aliphatic carbocycles. The third kappa shape index (κ3) is 3.45. The molecule has 0 nitrogen and oxygen atoms in total. The van der Waals surface area contributed by atoms with Crippen molar-refractivity contribution in [2.75, 3.05) is 0 Å². The van der Waals surface area contributed by atoms with Crippen LogP contribution in [0.3, 0.4) is 0 Å². The molecule has 0 unspecified atom stereocenters. The summed E-state index contributed by atoms with van der Waals surface area (Å²) >= 11 is 0. The lowest BCUT2D eigenvalue weighted by Crippen LogP contribution is -2.24. The Bertz CT molecular complexity index is 341. The lowest BCUT2D eigenvalue weighted by molar-refractivity contribution is 1.43. The SMILES string of the molecule is C/C=c1/ccccc1=C(C)C.CC. The zero-order chi connectivity index (χ0) is 10.3. The Balaban J connectivity index is 0.000000671. The predicted molar refractivity (Wildman–Crippen MR) is 61.9 cm³/mol. The van der Waals surface area contributed by atoms with Gasteiger partial charge >= 0.3 is 0 Å². The normalized spacial score (nSPS) is 10.4. The van der Waals surface area contributed by atoms with E-state index < -0.39 is 0 Å². The van der Waals surface area contributed by atoms with Crippen LogP contribution in [0.15, 0.2) is 24.3 Å². The highest BCUT2D eigenvalue weighted by atomic mass is 13.9. The topological polar surface area (TPSA) is 0 Å². The molecule has 0 bridgehead atoms. The molecule has 0 amide bonds. The minimum atomic E-state index is 1.33. The van der Waals surface area contributed by atoms with E-state index in [-0.39, 0.29) is 0 Å². The van der Waals surface area contributed by atoms with E-state index in [4.69, 9.17) is 0 Å². The molecule has 0 spiro atoms. The summed E-state index contributed by atoms with van der Waals surface area (Å²) in [5, 5.41) is 2.68. The smallest absolute Gasteiger partial charge is 0.0201 e. The van der Waals surface area contributed by atoms with E-state index in [0.29, 0.717) is 0 Å². The van der Waals surface area contributed by atoms with Gasteiger partial charge in [0.05, 0.1) is 0 Å². The molecule has 1 aromatic carbocycles. The first kappa shape index (κ1) is 12.0. The molecule has 72 valence electrons. The Morgan fingerprint density at radius 3 is 2.00 bits per heavy atom. The van der Waals surface area contributed by atoms with Crippen LogP contribution in [0, 0.1) is 0 Å². The Labute approximate surface area is 81.6 Å². The van der Waals surface area contributed by atoms with Crippen molar-refractivity contribution in [1.82, 2.24) is 0 Å². The number of benzene rings is 1. The van der Waals surface area contributed by atoms with Gasteiger partial charge in [-0.15, -0.1) is 0 Å². The third-order valence-electron chi connectivity index (χ3n) is 1.81. The van der Waals surface area contributed by atoms with Gasteiger partial charge in [-0.05, 0) is 31.2 Å². The molecule has 0 heterocycles. The Morgan fingerprint density at radius 1 is 1.08 bits per heavy atom. The maximum atomic E-state index is 2.16. The summed E-state index contributed by atoms with van der Waals surface area (Å²) in [5.74, 6) is 0.